The minimum Gasteiger partial charge on any atom is -0.481 e. The van der Waals surface area contributed by atoms with Crippen LogP contribution in [0.2, 0.25) is 0 Å². The van der Waals surface area contributed by atoms with Crippen molar-refractivity contribution in [3.63, 3.8) is 0 Å². The lowest BCUT2D eigenvalue weighted by Crippen LogP contribution is -2.60. The Labute approximate surface area is 196 Å². The standard InChI is InChI=1S/C27H40O6/c1-14(7-8-21(32)33)15-11-20(31)27(6)23-16(28)12-18-24(2,3)19(30)9-10-25(18,4)22(23)17(29)13-26(15,27)5/h14-16,18,20,28,31H,7-13H2,1-6H3,(H,32,33). The molecule has 0 saturated heterocycles. The molecule has 2 saturated carbocycles. The van der Waals surface area contributed by atoms with E-state index in [1.165, 1.54) is 0 Å². The lowest BCUT2D eigenvalue weighted by Gasteiger charge is -2.61. The molecule has 8 unspecified atom stereocenters. The van der Waals surface area contributed by atoms with Gasteiger partial charge in [-0.1, -0.05) is 41.5 Å². The molecular formula is C27H40O6. The molecule has 0 aromatic heterocycles. The van der Waals surface area contributed by atoms with Crippen molar-refractivity contribution in [1.29, 1.82) is 0 Å². The summed E-state index contributed by atoms with van der Waals surface area (Å²) in [5, 5.41) is 32.2. The van der Waals surface area contributed by atoms with Gasteiger partial charge in [-0.15, -0.1) is 0 Å². The van der Waals surface area contributed by atoms with Gasteiger partial charge < -0.3 is 15.3 Å². The molecule has 0 bridgehead atoms. The minimum atomic E-state index is -0.875. The van der Waals surface area contributed by atoms with Gasteiger partial charge in [-0.05, 0) is 54.4 Å². The topological polar surface area (TPSA) is 112 Å². The highest BCUT2D eigenvalue weighted by atomic mass is 16.4. The maximum absolute atomic E-state index is 13.9. The smallest absolute Gasteiger partial charge is 0.303 e. The average molecular weight is 461 g/mol. The van der Waals surface area contributed by atoms with Crippen LogP contribution in [-0.2, 0) is 14.4 Å². The van der Waals surface area contributed by atoms with Crippen LogP contribution in [0.4, 0.5) is 0 Å². The molecule has 3 N–H and O–H groups in total. The Morgan fingerprint density at radius 1 is 1.09 bits per heavy atom. The Morgan fingerprint density at radius 2 is 1.73 bits per heavy atom. The van der Waals surface area contributed by atoms with Crippen molar-refractivity contribution in [2.45, 2.75) is 98.7 Å². The van der Waals surface area contributed by atoms with Gasteiger partial charge in [0.15, 0.2) is 5.78 Å². The SMILES string of the molecule is CC(CCC(=O)O)C1CC(O)C2(C)C3=C(C(=O)CC12C)C1(C)CCC(=O)C(C)(C)C1CC3O. The number of hydrogen-bond donors (Lipinski definition) is 3. The summed E-state index contributed by atoms with van der Waals surface area (Å²) < 4.78 is 0. The first kappa shape index (κ1) is 24.6. The van der Waals surface area contributed by atoms with E-state index in [1.807, 2.05) is 27.7 Å². The fraction of sp³-hybridized carbons (Fsp3) is 0.815. The third-order valence-electron chi connectivity index (χ3n) is 10.9. The third kappa shape index (κ3) is 3.09. The van der Waals surface area contributed by atoms with Crippen LogP contribution in [0.1, 0.15) is 86.5 Å². The first-order valence-electron chi connectivity index (χ1n) is 12.5. The van der Waals surface area contributed by atoms with Gasteiger partial charge >= 0.3 is 5.97 Å². The first-order chi connectivity index (χ1) is 15.1. The largest absolute Gasteiger partial charge is 0.481 e. The molecule has 6 nitrogen and oxygen atoms in total. The van der Waals surface area contributed by atoms with Gasteiger partial charge in [-0.2, -0.15) is 0 Å². The molecule has 0 aromatic carbocycles. The van der Waals surface area contributed by atoms with E-state index in [0.29, 0.717) is 43.3 Å². The summed E-state index contributed by atoms with van der Waals surface area (Å²) in [5.41, 5.74) is -1.08. The van der Waals surface area contributed by atoms with E-state index in [2.05, 4.69) is 13.8 Å². The van der Waals surface area contributed by atoms with Crippen LogP contribution in [0.5, 0.6) is 0 Å². The molecule has 0 aromatic rings. The zero-order valence-corrected chi connectivity index (χ0v) is 20.9. The number of carbonyl (C=O) groups excluding carboxylic acids is 2. The molecule has 2 fully saturated rings. The Kier molecular flexibility index (Phi) is 5.58. The number of fused-ring (bicyclic) bond motifs is 4. The number of aliphatic carboxylic acids is 1. The quantitative estimate of drug-likeness (QED) is 0.586. The van der Waals surface area contributed by atoms with Crippen LogP contribution in [0.3, 0.4) is 0 Å². The van der Waals surface area contributed by atoms with Crippen molar-refractivity contribution in [2.75, 3.05) is 0 Å². The number of carboxylic acid groups (broad SMARTS) is 1. The monoisotopic (exact) mass is 460 g/mol. The Morgan fingerprint density at radius 3 is 2.33 bits per heavy atom. The second-order valence-electron chi connectivity index (χ2n) is 12.6. The van der Waals surface area contributed by atoms with Gasteiger partial charge in [0.05, 0.1) is 12.2 Å². The van der Waals surface area contributed by atoms with E-state index < -0.39 is 39.8 Å². The van der Waals surface area contributed by atoms with Gasteiger partial charge in [-0.25, -0.2) is 0 Å². The summed E-state index contributed by atoms with van der Waals surface area (Å²) in [5.74, 6) is -0.723. The van der Waals surface area contributed by atoms with Gasteiger partial charge in [0, 0.05) is 41.1 Å². The number of aliphatic hydroxyl groups excluding tert-OH is 2. The summed E-state index contributed by atoms with van der Waals surface area (Å²) in [6.45, 7) is 12.1. The minimum absolute atomic E-state index is 0.0167. The van der Waals surface area contributed by atoms with Gasteiger partial charge in [-0.3, -0.25) is 14.4 Å². The zero-order valence-electron chi connectivity index (χ0n) is 20.9. The van der Waals surface area contributed by atoms with E-state index in [4.69, 9.17) is 5.11 Å². The molecule has 0 radical (unpaired) electrons. The van der Waals surface area contributed by atoms with E-state index in [9.17, 15) is 24.6 Å². The van der Waals surface area contributed by atoms with E-state index in [-0.39, 0.29) is 42.2 Å². The van der Waals surface area contributed by atoms with Crippen molar-refractivity contribution in [1.82, 2.24) is 0 Å². The van der Waals surface area contributed by atoms with Gasteiger partial charge in [0.25, 0.3) is 0 Å². The molecule has 33 heavy (non-hydrogen) atoms. The molecule has 6 heteroatoms. The highest BCUT2D eigenvalue weighted by Crippen LogP contribution is 2.71. The molecule has 4 aliphatic rings. The number of Topliss-reactive ketones (excluding diaryl/α,β-unsaturated/α-hetero) is 2. The van der Waals surface area contributed by atoms with Crippen molar-refractivity contribution >= 4 is 17.5 Å². The summed E-state index contributed by atoms with van der Waals surface area (Å²) in [6, 6.07) is 0. The predicted molar refractivity (Wildman–Crippen MR) is 123 cm³/mol. The number of aliphatic hydroxyl groups is 2. The lowest BCUT2D eigenvalue weighted by atomic mass is 9.42. The number of carbonyl (C=O) groups is 3. The summed E-state index contributed by atoms with van der Waals surface area (Å²) in [6.07, 6.45) is 1.18. The molecular weight excluding hydrogens is 420 g/mol. The molecule has 0 aliphatic heterocycles. The highest BCUT2D eigenvalue weighted by molar-refractivity contribution is 6.01. The second-order valence-corrected chi connectivity index (χ2v) is 12.6. The maximum Gasteiger partial charge on any atom is 0.303 e. The van der Waals surface area contributed by atoms with Crippen molar-refractivity contribution < 1.29 is 29.7 Å². The number of rotatable bonds is 4. The van der Waals surface area contributed by atoms with Crippen LogP contribution in [0, 0.1) is 39.4 Å². The van der Waals surface area contributed by atoms with Crippen LogP contribution >= 0.6 is 0 Å². The molecule has 0 amide bonds. The molecule has 0 heterocycles. The van der Waals surface area contributed by atoms with E-state index >= 15 is 0 Å². The van der Waals surface area contributed by atoms with Crippen molar-refractivity contribution in [2.24, 2.45) is 39.4 Å². The van der Waals surface area contributed by atoms with E-state index in [1.54, 1.807) is 0 Å². The maximum atomic E-state index is 13.9. The Bertz CT molecular complexity index is 933. The molecule has 0 spiro atoms. The molecule has 8 atom stereocenters. The summed E-state index contributed by atoms with van der Waals surface area (Å²) in [4.78, 5) is 37.9. The van der Waals surface area contributed by atoms with Crippen molar-refractivity contribution in [3.8, 4) is 0 Å². The fourth-order valence-corrected chi connectivity index (χ4v) is 8.74. The third-order valence-corrected chi connectivity index (χ3v) is 10.9. The van der Waals surface area contributed by atoms with Crippen LogP contribution in [0.15, 0.2) is 11.1 Å². The number of carboxylic acids is 1. The molecule has 184 valence electrons. The first-order valence-corrected chi connectivity index (χ1v) is 12.5. The van der Waals surface area contributed by atoms with Crippen molar-refractivity contribution in [3.05, 3.63) is 11.1 Å². The predicted octanol–water partition coefficient (Wildman–Crippen LogP) is 3.93. The fourth-order valence-electron chi connectivity index (χ4n) is 8.74. The van der Waals surface area contributed by atoms with Crippen LogP contribution in [0.25, 0.3) is 0 Å². The van der Waals surface area contributed by atoms with Crippen LogP contribution < -0.4 is 0 Å². The number of hydrogen-bond acceptors (Lipinski definition) is 5. The molecule has 4 aliphatic carbocycles. The van der Waals surface area contributed by atoms with E-state index in [0.717, 1.165) is 0 Å². The second kappa shape index (κ2) is 7.48. The summed E-state index contributed by atoms with van der Waals surface area (Å²) >= 11 is 0. The number of allylic oxidation sites excluding steroid dienone is 1. The zero-order chi connectivity index (χ0) is 24.7. The highest BCUT2D eigenvalue weighted by Gasteiger charge is 2.69. The lowest BCUT2D eigenvalue weighted by molar-refractivity contribution is -0.146. The average Bonchev–Trinajstić information content (AvgIpc) is 2.92. The Balaban J connectivity index is 1.85. The normalized spacial score (nSPS) is 45.3. The van der Waals surface area contributed by atoms with Crippen LogP contribution in [-0.4, -0.2) is 45.1 Å². The summed E-state index contributed by atoms with van der Waals surface area (Å²) in [7, 11) is 0. The number of ketones is 2. The van der Waals surface area contributed by atoms with Gasteiger partial charge in [0.1, 0.15) is 5.78 Å². The van der Waals surface area contributed by atoms with Gasteiger partial charge in [0.2, 0.25) is 0 Å². The Hall–Kier alpha value is -1.53. The molecule has 4 rings (SSSR count).